The first-order valence-corrected chi connectivity index (χ1v) is 5.28. The number of hydrogen-bond acceptors (Lipinski definition) is 3. The number of hydrogen-bond donors (Lipinski definition) is 2. The van der Waals surface area contributed by atoms with Crippen LogP contribution in [-0.2, 0) is 0 Å². The quantitative estimate of drug-likeness (QED) is 0.744. The minimum atomic E-state index is 0.509. The number of piperidine rings is 1. The molecule has 2 heterocycles. The third kappa shape index (κ3) is 1.83. The Hall–Kier alpha value is -0.800. The molecule has 0 aliphatic carbocycles. The van der Waals surface area contributed by atoms with Gasteiger partial charge in [-0.15, -0.1) is 0 Å². The third-order valence-electron chi connectivity index (χ3n) is 3.04. The van der Waals surface area contributed by atoms with Crippen LogP contribution in [0.15, 0.2) is 16.5 Å². The van der Waals surface area contributed by atoms with Gasteiger partial charge in [-0.05, 0) is 51.0 Å². The Morgan fingerprint density at radius 3 is 3.07 bits per heavy atom. The summed E-state index contributed by atoms with van der Waals surface area (Å²) in [4.78, 5) is 0. The summed E-state index contributed by atoms with van der Waals surface area (Å²) in [5.74, 6) is 3.14. The smallest absolute Gasteiger partial charge is 0.107 e. The van der Waals surface area contributed by atoms with Crippen LogP contribution in [0.2, 0.25) is 0 Å². The standard InChI is InChI=1S/C11H18N2O/c1-8-2-3-11(14-8)10-4-5-13-7-9(10)6-12/h2-3,9-10,13H,4-7,12H2,1H3. The molecular weight excluding hydrogens is 176 g/mol. The SMILES string of the molecule is Cc1ccc(C2CCNCC2CN)o1. The zero-order valence-electron chi connectivity index (χ0n) is 8.62. The minimum absolute atomic E-state index is 0.509. The first-order valence-electron chi connectivity index (χ1n) is 5.28. The van der Waals surface area contributed by atoms with E-state index in [-0.39, 0.29) is 0 Å². The van der Waals surface area contributed by atoms with Crippen molar-refractivity contribution in [1.82, 2.24) is 5.32 Å². The van der Waals surface area contributed by atoms with E-state index in [9.17, 15) is 0 Å². The highest BCUT2D eigenvalue weighted by Crippen LogP contribution is 2.30. The zero-order chi connectivity index (χ0) is 9.97. The van der Waals surface area contributed by atoms with Crippen LogP contribution >= 0.6 is 0 Å². The molecule has 1 aromatic rings. The lowest BCUT2D eigenvalue weighted by Crippen LogP contribution is -2.39. The van der Waals surface area contributed by atoms with Gasteiger partial charge in [-0.25, -0.2) is 0 Å². The summed E-state index contributed by atoms with van der Waals surface area (Å²) >= 11 is 0. The first kappa shape index (κ1) is 9.74. The highest BCUT2D eigenvalue weighted by atomic mass is 16.3. The van der Waals surface area contributed by atoms with Crippen LogP contribution in [0.1, 0.15) is 23.9 Å². The predicted molar refractivity (Wildman–Crippen MR) is 56.2 cm³/mol. The lowest BCUT2D eigenvalue weighted by atomic mass is 9.85. The Kier molecular flexibility index (Phi) is 2.89. The van der Waals surface area contributed by atoms with Crippen LogP contribution in [-0.4, -0.2) is 19.6 Å². The van der Waals surface area contributed by atoms with Gasteiger partial charge < -0.3 is 15.5 Å². The Bertz CT molecular complexity index is 295. The molecular formula is C11H18N2O. The van der Waals surface area contributed by atoms with Crippen molar-refractivity contribution in [2.24, 2.45) is 11.7 Å². The van der Waals surface area contributed by atoms with E-state index in [1.54, 1.807) is 0 Å². The van der Waals surface area contributed by atoms with Crippen molar-refractivity contribution in [1.29, 1.82) is 0 Å². The van der Waals surface area contributed by atoms with E-state index >= 15 is 0 Å². The van der Waals surface area contributed by atoms with Crippen LogP contribution in [0.25, 0.3) is 0 Å². The topological polar surface area (TPSA) is 51.2 Å². The van der Waals surface area contributed by atoms with E-state index < -0.39 is 0 Å². The van der Waals surface area contributed by atoms with Crippen LogP contribution in [0.4, 0.5) is 0 Å². The molecule has 0 amide bonds. The summed E-state index contributed by atoms with van der Waals surface area (Å²) in [7, 11) is 0. The fourth-order valence-corrected chi connectivity index (χ4v) is 2.20. The monoisotopic (exact) mass is 194 g/mol. The van der Waals surface area contributed by atoms with E-state index in [0.29, 0.717) is 11.8 Å². The molecule has 0 radical (unpaired) electrons. The van der Waals surface area contributed by atoms with Gasteiger partial charge in [-0.1, -0.05) is 0 Å². The van der Waals surface area contributed by atoms with E-state index in [0.717, 1.165) is 37.6 Å². The van der Waals surface area contributed by atoms with Crippen LogP contribution in [0, 0.1) is 12.8 Å². The summed E-state index contributed by atoms with van der Waals surface area (Å²) in [6.45, 7) is 4.81. The van der Waals surface area contributed by atoms with Crippen molar-refractivity contribution < 1.29 is 4.42 Å². The van der Waals surface area contributed by atoms with E-state index in [2.05, 4.69) is 11.4 Å². The van der Waals surface area contributed by atoms with E-state index in [1.807, 2.05) is 13.0 Å². The van der Waals surface area contributed by atoms with Gasteiger partial charge in [0.15, 0.2) is 0 Å². The average Bonchev–Trinajstić information content (AvgIpc) is 2.65. The fraction of sp³-hybridized carbons (Fsp3) is 0.636. The molecule has 1 saturated heterocycles. The predicted octanol–water partition coefficient (Wildman–Crippen LogP) is 1.24. The van der Waals surface area contributed by atoms with Gasteiger partial charge in [-0.3, -0.25) is 0 Å². The Labute approximate surface area is 84.7 Å². The Morgan fingerprint density at radius 1 is 1.57 bits per heavy atom. The number of rotatable bonds is 2. The Morgan fingerprint density at radius 2 is 2.43 bits per heavy atom. The van der Waals surface area contributed by atoms with Crippen molar-refractivity contribution in [3.63, 3.8) is 0 Å². The van der Waals surface area contributed by atoms with Crippen molar-refractivity contribution in [2.75, 3.05) is 19.6 Å². The molecule has 1 aliphatic rings. The van der Waals surface area contributed by atoms with Gasteiger partial charge in [-0.2, -0.15) is 0 Å². The van der Waals surface area contributed by atoms with Gasteiger partial charge in [0.1, 0.15) is 11.5 Å². The summed E-state index contributed by atoms with van der Waals surface area (Å²) < 4.78 is 5.67. The highest BCUT2D eigenvalue weighted by Gasteiger charge is 2.27. The number of furan rings is 1. The van der Waals surface area contributed by atoms with Gasteiger partial charge in [0, 0.05) is 5.92 Å². The zero-order valence-corrected chi connectivity index (χ0v) is 8.62. The van der Waals surface area contributed by atoms with Crippen LogP contribution < -0.4 is 11.1 Å². The summed E-state index contributed by atoms with van der Waals surface area (Å²) in [6.07, 6.45) is 1.13. The van der Waals surface area contributed by atoms with Gasteiger partial charge in [0.25, 0.3) is 0 Å². The summed E-state index contributed by atoms with van der Waals surface area (Å²) in [5.41, 5.74) is 5.76. The van der Waals surface area contributed by atoms with Gasteiger partial charge >= 0.3 is 0 Å². The van der Waals surface area contributed by atoms with Crippen molar-refractivity contribution >= 4 is 0 Å². The normalized spacial score (nSPS) is 27.9. The van der Waals surface area contributed by atoms with Crippen molar-refractivity contribution in [2.45, 2.75) is 19.3 Å². The maximum absolute atomic E-state index is 5.76. The molecule has 0 saturated carbocycles. The highest BCUT2D eigenvalue weighted by molar-refractivity contribution is 5.12. The molecule has 3 nitrogen and oxygen atoms in total. The molecule has 2 atom stereocenters. The van der Waals surface area contributed by atoms with Crippen LogP contribution in [0.3, 0.4) is 0 Å². The molecule has 3 N–H and O–H groups in total. The van der Waals surface area contributed by atoms with Gasteiger partial charge in [0.05, 0.1) is 0 Å². The molecule has 0 bridgehead atoms. The van der Waals surface area contributed by atoms with Gasteiger partial charge in [0.2, 0.25) is 0 Å². The molecule has 1 fully saturated rings. The number of nitrogens with two attached hydrogens (primary N) is 1. The second kappa shape index (κ2) is 4.15. The molecule has 1 aromatic heterocycles. The lowest BCUT2D eigenvalue weighted by Gasteiger charge is -2.29. The average molecular weight is 194 g/mol. The molecule has 78 valence electrons. The second-order valence-electron chi connectivity index (χ2n) is 4.04. The Balaban J connectivity index is 2.14. The molecule has 14 heavy (non-hydrogen) atoms. The minimum Gasteiger partial charge on any atom is -0.466 e. The van der Waals surface area contributed by atoms with Crippen molar-refractivity contribution in [3.05, 3.63) is 23.7 Å². The third-order valence-corrected chi connectivity index (χ3v) is 3.04. The maximum atomic E-state index is 5.76. The molecule has 3 heteroatoms. The molecule has 2 rings (SSSR count). The maximum Gasteiger partial charge on any atom is 0.107 e. The lowest BCUT2D eigenvalue weighted by molar-refractivity contribution is 0.290. The molecule has 2 unspecified atom stereocenters. The molecule has 0 spiro atoms. The summed E-state index contributed by atoms with van der Waals surface area (Å²) in [5, 5.41) is 3.37. The molecule has 1 aliphatic heterocycles. The number of aryl methyl sites for hydroxylation is 1. The largest absolute Gasteiger partial charge is 0.466 e. The summed E-state index contributed by atoms with van der Waals surface area (Å²) in [6, 6.07) is 4.12. The van der Waals surface area contributed by atoms with E-state index in [1.165, 1.54) is 0 Å². The fourth-order valence-electron chi connectivity index (χ4n) is 2.20. The number of nitrogens with one attached hydrogen (secondary N) is 1. The van der Waals surface area contributed by atoms with Crippen LogP contribution in [0.5, 0.6) is 0 Å². The second-order valence-corrected chi connectivity index (χ2v) is 4.04. The van der Waals surface area contributed by atoms with Crippen molar-refractivity contribution in [3.8, 4) is 0 Å². The molecule has 0 aromatic carbocycles. The first-order chi connectivity index (χ1) is 6.81. The van der Waals surface area contributed by atoms with E-state index in [4.69, 9.17) is 10.2 Å².